The zero-order valence-corrected chi connectivity index (χ0v) is 15.9. The minimum atomic E-state index is -4.45. The molecule has 4 N–H and O–H groups in total. The summed E-state index contributed by atoms with van der Waals surface area (Å²) < 4.78 is 30.0. The predicted molar refractivity (Wildman–Crippen MR) is 97.1 cm³/mol. The van der Waals surface area contributed by atoms with E-state index in [-0.39, 0.29) is 21.9 Å². The van der Waals surface area contributed by atoms with Crippen molar-refractivity contribution in [3.8, 4) is 17.6 Å². The van der Waals surface area contributed by atoms with Crippen molar-refractivity contribution in [2.24, 2.45) is 11.7 Å². The fourth-order valence-electron chi connectivity index (χ4n) is 2.91. The molecule has 1 aliphatic carbocycles. The lowest BCUT2D eigenvalue weighted by Crippen LogP contribution is -2.49. The van der Waals surface area contributed by atoms with Gasteiger partial charge in [0.25, 0.3) is 15.9 Å². The van der Waals surface area contributed by atoms with E-state index in [0.717, 1.165) is 0 Å². The highest BCUT2D eigenvalue weighted by atomic mass is 32.2. The number of nitrogens with two attached hydrogens (primary N) is 1. The minimum absolute atomic E-state index is 0.165. The third-order valence-corrected chi connectivity index (χ3v) is 6.06. The summed E-state index contributed by atoms with van der Waals surface area (Å²) in [7, 11) is -4.45. The Morgan fingerprint density at radius 1 is 1.30 bits per heavy atom. The Labute approximate surface area is 158 Å². The summed E-state index contributed by atoms with van der Waals surface area (Å²) in [5, 5.41) is 19.5. The Morgan fingerprint density at radius 2 is 1.89 bits per heavy atom. The van der Waals surface area contributed by atoms with Crippen LogP contribution in [0.25, 0.3) is 0 Å². The van der Waals surface area contributed by atoms with E-state index in [9.17, 15) is 23.5 Å². The van der Waals surface area contributed by atoms with Gasteiger partial charge in [-0.1, -0.05) is 5.92 Å². The van der Waals surface area contributed by atoms with E-state index in [4.69, 9.17) is 10.5 Å². The topological polar surface area (TPSA) is 130 Å². The largest absolute Gasteiger partial charge is 0.481 e. The van der Waals surface area contributed by atoms with Crippen LogP contribution in [0.1, 0.15) is 32.6 Å². The Bertz CT molecular complexity index is 804. The molecular weight excluding hydrogens is 372 g/mol. The molecule has 1 fully saturated rings. The molecule has 1 atom stereocenters. The molecule has 0 spiro atoms. The zero-order chi connectivity index (χ0) is 20.0. The van der Waals surface area contributed by atoms with Gasteiger partial charge < -0.3 is 15.6 Å². The number of hydrogen-bond acceptors (Lipinski definition) is 7. The maximum Gasteiger partial charge on any atom is 0.289 e. The van der Waals surface area contributed by atoms with Gasteiger partial charge in [-0.05, 0) is 62.8 Å². The lowest BCUT2D eigenvalue weighted by atomic mass is 9.83. The SMILES string of the molecule is CC#CCOc1ccc(S(=O)(=O)N(O)C(=O)[C@H](N)C2CCC(O)CC2)cc1. The number of benzene rings is 1. The predicted octanol–water partition coefficient (Wildman–Crippen LogP) is 0.874. The fraction of sp³-hybridized carbons (Fsp3) is 0.500. The van der Waals surface area contributed by atoms with Crippen molar-refractivity contribution in [2.75, 3.05) is 6.61 Å². The quantitative estimate of drug-likeness (QED) is 0.369. The normalized spacial score (nSPS) is 20.9. The number of hydrogen-bond donors (Lipinski definition) is 3. The van der Waals surface area contributed by atoms with Crippen molar-refractivity contribution in [2.45, 2.75) is 49.6 Å². The molecule has 0 saturated heterocycles. The Balaban J connectivity index is 2.07. The van der Waals surface area contributed by atoms with E-state index in [0.29, 0.717) is 31.4 Å². The van der Waals surface area contributed by atoms with Crippen LogP contribution in [0, 0.1) is 17.8 Å². The summed E-state index contributed by atoms with van der Waals surface area (Å²) in [4.78, 5) is 12.1. The molecule has 1 amide bonds. The number of nitrogens with zero attached hydrogens (tertiary/aromatic N) is 1. The molecule has 0 aliphatic heterocycles. The summed E-state index contributed by atoms with van der Waals surface area (Å²) in [5.41, 5.74) is 5.88. The molecule has 2 rings (SSSR count). The molecule has 0 radical (unpaired) electrons. The molecule has 1 aromatic rings. The number of ether oxygens (including phenoxy) is 1. The minimum Gasteiger partial charge on any atom is -0.481 e. The molecule has 0 heterocycles. The van der Waals surface area contributed by atoms with Gasteiger partial charge >= 0.3 is 0 Å². The first-order chi connectivity index (χ1) is 12.8. The number of rotatable bonds is 6. The maximum atomic E-state index is 12.5. The van der Waals surface area contributed by atoms with Crippen LogP contribution in [-0.2, 0) is 14.8 Å². The second-order valence-electron chi connectivity index (χ2n) is 6.37. The lowest BCUT2D eigenvalue weighted by Gasteiger charge is -2.30. The van der Waals surface area contributed by atoms with E-state index < -0.39 is 28.1 Å². The molecule has 1 aromatic carbocycles. The number of hydroxylamine groups is 1. The molecule has 148 valence electrons. The first-order valence-electron chi connectivity index (χ1n) is 8.61. The third-order valence-electron chi connectivity index (χ3n) is 4.56. The molecule has 1 aliphatic rings. The van der Waals surface area contributed by atoms with Crippen LogP contribution in [0.3, 0.4) is 0 Å². The van der Waals surface area contributed by atoms with Crippen LogP contribution < -0.4 is 10.5 Å². The molecule has 0 unspecified atom stereocenters. The fourth-order valence-corrected chi connectivity index (χ4v) is 3.95. The number of aliphatic hydroxyl groups is 1. The van der Waals surface area contributed by atoms with E-state index in [1.165, 1.54) is 24.3 Å². The molecular formula is C18H24N2O6S. The lowest BCUT2D eigenvalue weighted by molar-refractivity contribution is -0.149. The molecule has 9 heteroatoms. The van der Waals surface area contributed by atoms with Gasteiger partial charge in [0.2, 0.25) is 0 Å². The Hall–Kier alpha value is -2.12. The number of amides is 1. The van der Waals surface area contributed by atoms with Gasteiger partial charge in [-0.25, -0.2) is 0 Å². The van der Waals surface area contributed by atoms with Crippen LogP contribution in [0.5, 0.6) is 5.75 Å². The van der Waals surface area contributed by atoms with E-state index in [1.807, 2.05) is 0 Å². The van der Waals surface area contributed by atoms with Gasteiger partial charge in [-0.2, -0.15) is 8.42 Å². The molecule has 0 aromatic heterocycles. The van der Waals surface area contributed by atoms with Crippen molar-refractivity contribution >= 4 is 15.9 Å². The van der Waals surface area contributed by atoms with Gasteiger partial charge in [0.15, 0.2) is 0 Å². The molecule has 27 heavy (non-hydrogen) atoms. The van der Waals surface area contributed by atoms with E-state index >= 15 is 0 Å². The first-order valence-corrected chi connectivity index (χ1v) is 10.1. The van der Waals surface area contributed by atoms with Gasteiger partial charge in [0.05, 0.1) is 17.0 Å². The number of aliphatic hydroxyl groups excluding tert-OH is 1. The van der Waals surface area contributed by atoms with Crippen LogP contribution in [0.4, 0.5) is 0 Å². The summed E-state index contributed by atoms with van der Waals surface area (Å²) in [6.07, 6.45) is 1.55. The van der Waals surface area contributed by atoms with E-state index in [2.05, 4.69) is 11.8 Å². The van der Waals surface area contributed by atoms with Crippen molar-refractivity contribution in [3.05, 3.63) is 24.3 Å². The second-order valence-corrected chi connectivity index (χ2v) is 8.13. The highest BCUT2D eigenvalue weighted by Crippen LogP contribution is 2.28. The van der Waals surface area contributed by atoms with E-state index in [1.54, 1.807) is 6.92 Å². The first kappa shape index (κ1) is 21.2. The average Bonchev–Trinajstić information content (AvgIpc) is 2.67. The van der Waals surface area contributed by atoms with Crippen molar-refractivity contribution < 1.29 is 28.3 Å². The molecule has 1 saturated carbocycles. The molecule has 8 nitrogen and oxygen atoms in total. The highest BCUT2D eigenvalue weighted by molar-refractivity contribution is 7.89. The Kier molecular flexibility index (Phi) is 7.21. The third kappa shape index (κ3) is 5.20. The van der Waals surface area contributed by atoms with Gasteiger partial charge in [0, 0.05) is 0 Å². The van der Waals surface area contributed by atoms with Crippen molar-refractivity contribution in [3.63, 3.8) is 0 Å². The second kappa shape index (κ2) is 9.19. The summed E-state index contributed by atoms with van der Waals surface area (Å²) >= 11 is 0. The number of carbonyl (C=O) groups excluding carboxylic acids is 1. The van der Waals surface area contributed by atoms with Crippen LogP contribution in [0.15, 0.2) is 29.2 Å². The van der Waals surface area contributed by atoms with Crippen LogP contribution in [-0.4, -0.2) is 47.9 Å². The average molecular weight is 396 g/mol. The zero-order valence-electron chi connectivity index (χ0n) is 15.0. The highest BCUT2D eigenvalue weighted by Gasteiger charge is 2.36. The van der Waals surface area contributed by atoms with Crippen LogP contribution in [0.2, 0.25) is 0 Å². The van der Waals surface area contributed by atoms with Crippen LogP contribution >= 0.6 is 0 Å². The number of sulfonamides is 1. The van der Waals surface area contributed by atoms with Gasteiger partial charge in [-0.15, -0.1) is 10.4 Å². The number of carbonyl (C=O) groups is 1. The molecule has 0 bridgehead atoms. The standard InChI is InChI=1S/C18H24N2O6S/c1-2-3-12-26-15-8-10-16(11-9-15)27(24,25)20(23)18(22)17(19)13-4-6-14(21)7-5-13/h8-11,13-14,17,21,23H,4-7,12,19H2,1H3/t13?,14?,17-/m1/s1. The van der Waals surface area contributed by atoms with Crippen molar-refractivity contribution in [1.29, 1.82) is 0 Å². The smallest absolute Gasteiger partial charge is 0.289 e. The summed E-state index contributed by atoms with van der Waals surface area (Å²) in [6, 6.07) is 4.11. The summed E-state index contributed by atoms with van der Waals surface area (Å²) in [6.45, 7) is 1.84. The van der Waals surface area contributed by atoms with Gasteiger partial charge in [0.1, 0.15) is 12.4 Å². The van der Waals surface area contributed by atoms with Gasteiger partial charge in [-0.3, -0.25) is 10.0 Å². The summed E-state index contributed by atoms with van der Waals surface area (Å²) in [5.74, 6) is 4.40. The monoisotopic (exact) mass is 396 g/mol. The van der Waals surface area contributed by atoms with Crippen molar-refractivity contribution in [1.82, 2.24) is 4.47 Å². The maximum absolute atomic E-state index is 12.5. The Morgan fingerprint density at radius 3 is 2.44 bits per heavy atom.